The number of carbonyl (C=O) groups is 4. The highest BCUT2D eigenvalue weighted by Gasteiger charge is 2.44. The average molecular weight is 1050 g/mol. The van der Waals surface area contributed by atoms with Gasteiger partial charge in [-0.3, -0.25) is 14.2 Å². The fourth-order valence-electron chi connectivity index (χ4n) is 12.2. The van der Waals surface area contributed by atoms with Crippen LogP contribution in [0.25, 0.3) is 44.7 Å². The molecule has 6 atom stereocenters. The molecule has 20 heteroatoms. The molecule has 4 aliphatic heterocycles. The first-order chi connectivity index (χ1) is 36.2. The molecule has 1 saturated carbocycles. The molecule has 0 radical (unpaired) electrons. The van der Waals surface area contributed by atoms with Crippen molar-refractivity contribution in [2.45, 2.75) is 134 Å². The third-order valence-corrected chi connectivity index (χ3v) is 17.1. The number of alkyl carbamates (subject to hydrolysis) is 2. The number of ether oxygens (including phenoxy) is 4. The predicted molar refractivity (Wildman–Crippen MR) is 278 cm³/mol. The van der Waals surface area contributed by atoms with Crippen LogP contribution in [0.2, 0.25) is 0 Å². The van der Waals surface area contributed by atoms with Crippen molar-refractivity contribution in [3.8, 4) is 39.5 Å². The summed E-state index contributed by atoms with van der Waals surface area (Å²) in [5.74, 6) is 0.847. The summed E-state index contributed by atoms with van der Waals surface area (Å²) in [6.07, 6.45) is 12.1. The Labute approximate surface area is 438 Å². The SMILES string of the molecule is COC(=O)NC(C(=O)N1CCC[C@H]1c1ncc(-c2ccc3c(c2)cc2n3C(c3cnc(C4CCCC4)s3)Oc3cc(-c4cnc([C@@H]5CCCN5C(=O)[C@@H](NC(=O)OC)C(C)C)[nH]4)cc(F)c3-2)[nH]1)C1CCOC(C)(C)C1. The van der Waals surface area contributed by atoms with Crippen LogP contribution < -0.4 is 15.4 Å². The first kappa shape index (κ1) is 50.4. The van der Waals surface area contributed by atoms with E-state index in [2.05, 4.69) is 31.2 Å². The smallest absolute Gasteiger partial charge is 0.407 e. The average Bonchev–Trinajstić information content (AvgIpc) is 4.32. The van der Waals surface area contributed by atoms with Crippen LogP contribution in [0.15, 0.2) is 55.0 Å². The van der Waals surface area contributed by atoms with E-state index in [1.165, 1.54) is 33.1 Å². The summed E-state index contributed by atoms with van der Waals surface area (Å²) < 4.78 is 41.8. The number of benzene rings is 2. The normalized spacial score (nSPS) is 22.2. The molecule has 8 heterocycles. The minimum atomic E-state index is -0.777. The number of halogens is 1. The van der Waals surface area contributed by atoms with Gasteiger partial charge in [0, 0.05) is 48.3 Å². The van der Waals surface area contributed by atoms with Crippen molar-refractivity contribution >= 4 is 46.2 Å². The van der Waals surface area contributed by atoms with Gasteiger partial charge in [-0.2, -0.15) is 0 Å². The standard InChI is InChI=1S/C55H65FN10O8S/c1-29(2)45(62-53(69)71-5)50(67)64-18-9-13-39(64)48-58-27-37(61-48)33-22-35(56)44-41-23-34-21-31(15-16-38(34)66(41)52(74-42(44)24-33)43-28-59-49(75-43)30-11-7-8-12-30)36-26-57-47(60-36)40-14-10-19-65(40)51(68)46(63-54(70)72-6)32-17-20-73-55(3,4)25-32/h15-16,21-24,26-30,32,39-40,45-46,52H,7-14,17-20,25H2,1-6H3,(H,57,60)(H,58,61)(H,62,69)(H,63,70)/t32?,39-,40-,45-,46?,52?/m0/s1. The highest BCUT2D eigenvalue weighted by Crippen LogP contribution is 2.49. The second-order valence-corrected chi connectivity index (χ2v) is 22.7. The van der Waals surface area contributed by atoms with Crippen LogP contribution in [0.1, 0.15) is 138 Å². The number of H-pyrrole nitrogens is 2. The number of thiazole rings is 1. The van der Waals surface area contributed by atoms with Gasteiger partial charge in [0.25, 0.3) is 0 Å². The summed E-state index contributed by atoms with van der Waals surface area (Å²) in [7, 11) is 2.57. The number of nitrogens with zero attached hydrogens (tertiary/aromatic N) is 6. The van der Waals surface area contributed by atoms with E-state index in [9.17, 15) is 19.2 Å². The maximum Gasteiger partial charge on any atom is 0.407 e. The van der Waals surface area contributed by atoms with E-state index in [0.29, 0.717) is 91.2 Å². The molecule has 6 aromatic rings. The quantitative estimate of drug-likeness (QED) is 0.0906. The molecule has 396 valence electrons. The number of fused-ring (bicyclic) bond motifs is 5. The van der Waals surface area contributed by atoms with Crippen molar-refractivity contribution < 1.29 is 42.5 Å². The van der Waals surface area contributed by atoms with E-state index in [4.69, 9.17) is 33.9 Å². The summed E-state index contributed by atoms with van der Waals surface area (Å²) in [6, 6.07) is 9.22. The summed E-state index contributed by atoms with van der Waals surface area (Å²) >= 11 is 1.65. The van der Waals surface area contributed by atoms with E-state index in [1.54, 1.807) is 28.6 Å². The Morgan fingerprint density at radius 1 is 0.800 bits per heavy atom. The molecule has 18 nitrogen and oxygen atoms in total. The molecule has 0 spiro atoms. The van der Waals surface area contributed by atoms with Crippen molar-refractivity contribution in [1.29, 1.82) is 0 Å². The molecular formula is C55H65FN10O8S. The number of hydrogen-bond donors (Lipinski definition) is 4. The molecule has 5 aliphatic rings. The lowest BCUT2D eigenvalue weighted by atomic mass is 9.82. The van der Waals surface area contributed by atoms with E-state index >= 15 is 4.39 Å². The summed E-state index contributed by atoms with van der Waals surface area (Å²) in [6.45, 7) is 9.28. The number of nitrogens with one attached hydrogen (secondary N) is 4. The number of rotatable bonds is 12. The maximum absolute atomic E-state index is 17.1. The van der Waals surface area contributed by atoms with Gasteiger partial charge in [-0.05, 0) is 107 Å². The van der Waals surface area contributed by atoms with Crippen molar-refractivity contribution in [2.24, 2.45) is 11.8 Å². The van der Waals surface area contributed by atoms with E-state index in [0.717, 1.165) is 57.7 Å². The third kappa shape index (κ3) is 9.63. The maximum atomic E-state index is 17.1. The molecule has 0 bridgehead atoms. The Hall–Kier alpha value is -6.80. The Kier molecular flexibility index (Phi) is 13.7. The molecule has 4 fully saturated rings. The van der Waals surface area contributed by atoms with Crippen LogP contribution in [-0.2, 0) is 23.8 Å². The number of likely N-dealkylation sites (tertiary alicyclic amines) is 2. The number of carbonyl (C=O) groups excluding carboxylic acids is 4. The zero-order valence-electron chi connectivity index (χ0n) is 43.2. The van der Waals surface area contributed by atoms with Crippen molar-refractivity contribution in [2.75, 3.05) is 33.9 Å². The molecule has 3 unspecified atom stereocenters. The van der Waals surface area contributed by atoms with E-state index in [1.807, 2.05) is 63.1 Å². The van der Waals surface area contributed by atoms with Gasteiger partial charge >= 0.3 is 12.2 Å². The first-order valence-corrected chi connectivity index (χ1v) is 27.2. The molecule has 1 aliphatic carbocycles. The topological polar surface area (TPSA) is 211 Å². The fraction of sp³-hybridized carbons (Fsp3) is 0.509. The summed E-state index contributed by atoms with van der Waals surface area (Å²) in [4.78, 5) is 79.1. The number of methoxy groups -OCH3 is 2. The minimum absolute atomic E-state index is 0.132. The molecule has 4 amide bonds. The van der Waals surface area contributed by atoms with Gasteiger partial charge in [0.15, 0.2) is 0 Å². The second-order valence-electron chi connectivity index (χ2n) is 21.6. The van der Waals surface area contributed by atoms with Gasteiger partial charge in [0.2, 0.25) is 18.0 Å². The highest BCUT2D eigenvalue weighted by molar-refractivity contribution is 7.11. The lowest BCUT2D eigenvalue weighted by Crippen LogP contribution is -2.54. The highest BCUT2D eigenvalue weighted by atomic mass is 32.1. The monoisotopic (exact) mass is 1040 g/mol. The van der Waals surface area contributed by atoms with Crippen LogP contribution in [0.3, 0.4) is 0 Å². The fourth-order valence-corrected chi connectivity index (χ4v) is 13.3. The summed E-state index contributed by atoms with van der Waals surface area (Å²) in [5.41, 5.74) is 4.15. The lowest BCUT2D eigenvalue weighted by Gasteiger charge is -2.40. The third-order valence-electron chi connectivity index (χ3n) is 16.0. The molecule has 4 aromatic heterocycles. The van der Waals surface area contributed by atoms with E-state index in [-0.39, 0.29) is 35.7 Å². The largest absolute Gasteiger partial charge is 0.464 e. The van der Waals surface area contributed by atoms with Gasteiger partial charge in [0.1, 0.15) is 35.3 Å². The molecule has 3 saturated heterocycles. The van der Waals surface area contributed by atoms with Crippen molar-refractivity contribution in [3.63, 3.8) is 0 Å². The van der Waals surface area contributed by atoms with Gasteiger partial charge in [-0.1, -0.05) is 32.8 Å². The van der Waals surface area contributed by atoms with Crippen LogP contribution in [0.4, 0.5) is 14.0 Å². The van der Waals surface area contributed by atoms with Crippen LogP contribution in [-0.4, -0.2) is 115 Å². The lowest BCUT2D eigenvalue weighted by molar-refractivity contribution is -0.139. The molecule has 4 N–H and O–H groups in total. The number of aromatic nitrogens is 6. The Morgan fingerprint density at radius 2 is 1.47 bits per heavy atom. The molecule has 11 rings (SSSR count). The molecule has 75 heavy (non-hydrogen) atoms. The van der Waals surface area contributed by atoms with Crippen molar-refractivity contribution in [3.05, 3.63) is 82.3 Å². The van der Waals surface area contributed by atoms with Gasteiger partial charge in [0.05, 0.1) is 82.3 Å². The second kappa shape index (κ2) is 20.4. The van der Waals surface area contributed by atoms with Gasteiger partial charge in [-0.25, -0.2) is 28.9 Å². The van der Waals surface area contributed by atoms with Crippen LogP contribution in [0, 0.1) is 17.7 Å². The minimum Gasteiger partial charge on any atom is -0.464 e. The Bertz CT molecular complexity index is 3140. The zero-order chi connectivity index (χ0) is 52.3. The number of amides is 4. The molecular weight excluding hydrogens is 980 g/mol. The van der Waals surface area contributed by atoms with Gasteiger partial charge < -0.3 is 49.3 Å². The predicted octanol–water partition coefficient (Wildman–Crippen LogP) is 9.92. The van der Waals surface area contributed by atoms with Crippen molar-refractivity contribution in [1.82, 2.24) is 49.9 Å². The summed E-state index contributed by atoms with van der Waals surface area (Å²) in [5, 5.41) is 7.51. The first-order valence-electron chi connectivity index (χ1n) is 26.3. The number of aromatic amines is 2. The van der Waals surface area contributed by atoms with Crippen LogP contribution in [0.5, 0.6) is 5.75 Å². The number of hydrogen-bond acceptors (Lipinski definition) is 12. The van der Waals surface area contributed by atoms with Gasteiger partial charge in [-0.15, -0.1) is 11.3 Å². The zero-order valence-corrected chi connectivity index (χ0v) is 44.1. The molecule has 2 aromatic carbocycles. The van der Waals surface area contributed by atoms with E-state index < -0.39 is 41.9 Å². The Balaban J connectivity index is 0.902. The Morgan fingerprint density at radius 3 is 2.13 bits per heavy atom. The number of imidazole rings is 2. The van der Waals surface area contributed by atoms with Crippen LogP contribution >= 0.6 is 11.3 Å².